The Hall–Kier alpha value is -0.0800. The van der Waals surface area contributed by atoms with Crippen LogP contribution in [0.2, 0.25) is 0 Å². The van der Waals surface area contributed by atoms with E-state index in [0.717, 1.165) is 5.92 Å². The molecule has 2 unspecified atom stereocenters. The van der Waals surface area contributed by atoms with Crippen molar-refractivity contribution < 1.29 is 0 Å². The van der Waals surface area contributed by atoms with Crippen molar-refractivity contribution in [2.75, 3.05) is 20.1 Å². The zero-order chi connectivity index (χ0) is 7.56. The standard InChI is InChI=1S/C8H18N2/c1-3-7-6-10(2)5-4-8(7)9/h7-8H,3-6,9H2,1-2H3. The summed E-state index contributed by atoms with van der Waals surface area (Å²) in [5, 5.41) is 0. The Bertz CT molecular complexity index is 103. The minimum atomic E-state index is 0.459. The van der Waals surface area contributed by atoms with Gasteiger partial charge >= 0.3 is 0 Å². The van der Waals surface area contributed by atoms with Crippen LogP contribution in [0, 0.1) is 5.92 Å². The summed E-state index contributed by atoms with van der Waals surface area (Å²) in [6.07, 6.45) is 2.40. The molecule has 0 aromatic rings. The molecule has 1 heterocycles. The van der Waals surface area contributed by atoms with Crippen LogP contribution in [-0.2, 0) is 0 Å². The van der Waals surface area contributed by atoms with Gasteiger partial charge in [0.25, 0.3) is 0 Å². The molecule has 1 fully saturated rings. The molecule has 2 atom stereocenters. The Kier molecular flexibility index (Phi) is 2.69. The van der Waals surface area contributed by atoms with Gasteiger partial charge in [-0.15, -0.1) is 0 Å². The van der Waals surface area contributed by atoms with Gasteiger partial charge in [0.05, 0.1) is 0 Å². The normalized spacial score (nSPS) is 36.3. The highest BCUT2D eigenvalue weighted by Gasteiger charge is 2.22. The molecule has 0 radical (unpaired) electrons. The number of piperidine rings is 1. The fraction of sp³-hybridized carbons (Fsp3) is 1.00. The second kappa shape index (κ2) is 3.35. The van der Waals surface area contributed by atoms with Crippen molar-refractivity contribution in [3.8, 4) is 0 Å². The predicted molar refractivity (Wildman–Crippen MR) is 43.9 cm³/mol. The quantitative estimate of drug-likeness (QED) is 0.583. The maximum Gasteiger partial charge on any atom is 0.00914 e. The molecule has 2 heteroatoms. The maximum absolute atomic E-state index is 5.93. The Morgan fingerprint density at radius 2 is 2.30 bits per heavy atom. The zero-order valence-electron chi connectivity index (χ0n) is 7.01. The van der Waals surface area contributed by atoms with Crippen molar-refractivity contribution in [3.05, 3.63) is 0 Å². The molecule has 0 saturated carbocycles. The van der Waals surface area contributed by atoms with Crippen LogP contribution in [-0.4, -0.2) is 31.1 Å². The summed E-state index contributed by atoms with van der Waals surface area (Å²) in [5.41, 5.74) is 5.93. The van der Waals surface area contributed by atoms with Gasteiger partial charge in [-0.3, -0.25) is 0 Å². The third-order valence-corrected chi connectivity index (χ3v) is 2.52. The van der Waals surface area contributed by atoms with E-state index in [-0.39, 0.29) is 0 Å². The number of likely N-dealkylation sites (tertiary alicyclic amines) is 1. The Morgan fingerprint density at radius 3 is 2.80 bits per heavy atom. The topological polar surface area (TPSA) is 29.3 Å². The summed E-state index contributed by atoms with van der Waals surface area (Å²) in [6, 6.07) is 0.459. The number of hydrogen-bond donors (Lipinski definition) is 1. The van der Waals surface area contributed by atoms with E-state index in [1.807, 2.05) is 0 Å². The Balaban J connectivity index is 2.38. The molecule has 0 aromatic carbocycles. The molecule has 2 N–H and O–H groups in total. The van der Waals surface area contributed by atoms with Gasteiger partial charge in [-0.05, 0) is 25.9 Å². The van der Waals surface area contributed by atoms with Crippen LogP contribution in [0.3, 0.4) is 0 Å². The first-order valence-electron chi connectivity index (χ1n) is 4.18. The summed E-state index contributed by atoms with van der Waals surface area (Å²) in [5.74, 6) is 0.735. The van der Waals surface area contributed by atoms with E-state index in [9.17, 15) is 0 Å². The van der Waals surface area contributed by atoms with E-state index in [1.165, 1.54) is 25.9 Å². The van der Waals surface area contributed by atoms with Crippen LogP contribution in [0.1, 0.15) is 19.8 Å². The molecular weight excluding hydrogens is 124 g/mol. The summed E-state index contributed by atoms with van der Waals surface area (Å²) in [6.45, 7) is 4.60. The fourth-order valence-electron chi connectivity index (χ4n) is 1.66. The van der Waals surface area contributed by atoms with E-state index in [1.54, 1.807) is 0 Å². The van der Waals surface area contributed by atoms with Crippen LogP contribution < -0.4 is 5.73 Å². The third kappa shape index (κ3) is 1.70. The molecule has 2 nitrogen and oxygen atoms in total. The predicted octanol–water partition coefficient (Wildman–Crippen LogP) is 0.675. The first-order valence-corrected chi connectivity index (χ1v) is 4.18. The largest absolute Gasteiger partial charge is 0.327 e. The van der Waals surface area contributed by atoms with Crippen LogP contribution in [0.25, 0.3) is 0 Å². The van der Waals surface area contributed by atoms with Crippen molar-refractivity contribution in [1.29, 1.82) is 0 Å². The van der Waals surface area contributed by atoms with Crippen molar-refractivity contribution in [2.24, 2.45) is 11.7 Å². The molecule has 0 amide bonds. The smallest absolute Gasteiger partial charge is 0.00914 e. The number of rotatable bonds is 1. The molecule has 0 aliphatic carbocycles. The maximum atomic E-state index is 5.93. The van der Waals surface area contributed by atoms with Gasteiger partial charge in [-0.2, -0.15) is 0 Å². The van der Waals surface area contributed by atoms with Crippen LogP contribution in [0.5, 0.6) is 0 Å². The van der Waals surface area contributed by atoms with Gasteiger partial charge in [-0.1, -0.05) is 13.3 Å². The van der Waals surface area contributed by atoms with E-state index < -0.39 is 0 Å². The highest BCUT2D eigenvalue weighted by Crippen LogP contribution is 2.16. The van der Waals surface area contributed by atoms with Gasteiger partial charge in [0.2, 0.25) is 0 Å². The number of nitrogens with zero attached hydrogens (tertiary/aromatic N) is 1. The SMILES string of the molecule is CCC1CN(C)CCC1N. The summed E-state index contributed by atoms with van der Waals surface area (Å²) in [7, 11) is 2.18. The second-order valence-corrected chi connectivity index (χ2v) is 3.38. The molecular formula is C8H18N2. The first-order chi connectivity index (χ1) is 4.74. The highest BCUT2D eigenvalue weighted by atomic mass is 15.1. The van der Waals surface area contributed by atoms with Gasteiger partial charge < -0.3 is 10.6 Å². The van der Waals surface area contributed by atoms with Crippen molar-refractivity contribution in [3.63, 3.8) is 0 Å². The first kappa shape index (κ1) is 8.02. The molecule has 60 valence electrons. The van der Waals surface area contributed by atoms with Crippen LogP contribution in [0.4, 0.5) is 0 Å². The highest BCUT2D eigenvalue weighted by molar-refractivity contribution is 4.80. The Labute approximate surface area is 63.4 Å². The third-order valence-electron chi connectivity index (χ3n) is 2.52. The van der Waals surface area contributed by atoms with Gasteiger partial charge in [-0.25, -0.2) is 0 Å². The van der Waals surface area contributed by atoms with Crippen molar-refractivity contribution >= 4 is 0 Å². The van der Waals surface area contributed by atoms with Crippen LogP contribution in [0.15, 0.2) is 0 Å². The molecule has 1 saturated heterocycles. The number of hydrogen-bond acceptors (Lipinski definition) is 2. The molecule has 1 rings (SSSR count). The zero-order valence-corrected chi connectivity index (χ0v) is 7.01. The fourth-order valence-corrected chi connectivity index (χ4v) is 1.66. The minimum absolute atomic E-state index is 0.459. The Morgan fingerprint density at radius 1 is 1.60 bits per heavy atom. The monoisotopic (exact) mass is 142 g/mol. The van der Waals surface area contributed by atoms with Crippen molar-refractivity contribution in [2.45, 2.75) is 25.8 Å². The average molecular weight is 142 g/mol. The lowest BCUT2D eigenvalue weighted by atomic mass is 9.91. The lowest BCUT2D eigenvalue weighted by Crippen LogP contribution is -2.45. The molecule has 0 spiro atoms. The van der Waals surface area contributed by atoms with Gasteiger partial charge in [0, 0.05) is 12.6 Å². The van der Waals surface area contributed by atoms with E-state index in [0.29, 0.717) is 6.04 Å². The number of nitrogens with two attached hydrogens (primary N) is 1. The molecule has 1 aliphatic heterocycles. The van der Waals surface area contributed by atoms with E-state index in [2.05, 4.69) is 18.9 Å². The molecule has 1 aliphatic rings. The van der Waals surface area contributed by atoms with Crippen LogP contribution >= 0.6 is 0 Å². The summed E-state index contributed by atoms with van der Waals surface area (Å²) < 4.78 is 0. The molecule has 0 bridgehead atoms. The summed E-state index contributed by atoms with van der Waals surface area (Å²) >= 11 is 0. The van der Waals surface area contributed by atoms with E-state index >= 15 is 0 Å². The lowest BCUT2D eigenvalue weighted by Gasteiger charge is -2.33. The minimum Gasteiger partial charge on any atom is -0.327 e. The molecule has 0 aromatic heterocycles. The van der Waals surface area contributed by atoms with Crippen molar-refractivity contribution in [1.82, 2.24) is 4.90 Å². The second-order valence-electron chi connectivity index (χ2n) is 3.38. The summed E-state index contributed by atoms with van der Waals surface area (Å²) in [4.78, 5) is 2.37. The van der Waals surface area contributed by atoms with Gasteiger partial charge in [0.1, 0.15) is 0 Å². The van der Waals surface area contributed by atoms with Gasteiger partial charge in [0.15, 0.2) is 0 Å². The lowest BCUT2D eigenvalue weighted by molar-refractivity contribution is 0.182. The average Bonchev–Trinajstić information content (AvgIpc) is 1.94. The molecule has 10 heavy (non-hydrogen) atoms. The van der Waals surface area contributed by atoms with E-state index in [4.69, 9.17) is 5.73 Å².